The Morgan fingerprint density at radius 3 is 2.27 bits per heavy atom. The van der Waals surface area contributed by atoms with Crippen LogP contribution in [-0.4, -0.2) is 37.9 Å². The zero-order chi connectivity index (χ0) is 16.0. The lowest BCUT2D eigenvalue weighted by Crippen LogP contribution is -2.51. The summed E-state index contributed by atoms with van der Waals surface area (Å²) in [5.41, 5.74) is 0. The zero-order valence-electron chi connectivity index (χ0n) is 13.5. The fourth-order valence-electron chi connectivity index (χ4n) is 3.36. The summed E-state index contributed by atoms with van der Waals surface area (Å²) < 4.78 is 28.1. The molecule has 0 aromatic heterocycles. The van der Waals surface area contributed by atoms with Gasteiger partial charge in [0.15, 0.2) is 0 Å². The lowest BCUT2D eigenvalue weighted by atomic mass is 9.97. The van der Waals surface area contributed by atoms with E-state index >= 15 is 0 Å². The van der Waals surface area contributed by atoms with Crippen molar-refractivity contribution in [2.24, 2.45) is 5.92 Å². The third-order valence-electron chi connectivity index (χ3n) is 4.62. The summed E-state index contributed by atoms with van der Waals surface area (Å²) in [6, 6.07) is -0.487. The minimum absolute atomic E-state index is 0.0933. The van der Waals surface area contributed by atoms with Crippen LogP contribution >= 0.6 is 0 Å². The van der Waals surface area contributed by atoms with Gasteiger partial charge in [0, 0.05) is 19.1 Å². The minimum atomic E-state index is -3.71. The molecule has 0 spiro atoms. The van der Waals surface area contributed by atoms with Gasteiger partial charge in [-0.1, -0.05) is 39.0 Å². The second kappa shape index (κ2) is 8.15. The maximum Gasteiger partial charge on any atom is 0.329 e. The van der Waals surface area contributed by atoms with Gasteiger partial charge in [-0.15, -0.1) is 0 Å². The molecule has 1 aliphatic carbocycles. The number of amides is 2. The summed E-state index contributed by atoms with van der Waals surface area (Å²) in [6.45, 7) is 3.03. The largest absolute Gasteiger partial charge is 0.335 e. The average molecular weight is 331 g/mol. The highest BCUT2D eigenvalue weighted by Crippen LogP contribution is 2.18. The van der Waals surface area contributed by atoms with E-state index in [9.17, 15) is 13.2 Å². The molecule has 1 saturated heterocycles. The van der Waals surface area contributed by atoms with E-state index in [4.69, 9.17) is 0 Å². The lowest BCUT2D eigenvalue weighted by Gasteiger charge is -2.30. The molecule has 1 unspecified atom stereocenters. The SMILES string of the molecule is CC1CCCN(S(=O)(=O)NC(=O)NC2CCCCCCC2)C1. The maximum absolute atomic E-state index is 12.3. The van der Waals surface area contributed by atoms with Crippen LogP contribution in [0.25, 0.3) is 0 Å². The Hall–Kier alpha value is -0.820. The number of nitrogens with one attached hydrogen (secondary N) is 2. The average Bonchev–Trinajstić information content (AvgIpc) is 2.41. The Bertz CT molecular complexity index is 459. The van der Waals surface area contributed by atoms with Crippen molar-refractivity contribution in [3.63, 3.8) is 0 Å². The number of hydrogen-bond acceptors (Lipinski definition) is 3. The van der Waals surface area contributed by atoms with Gasteiger partial charge in [-0.2, -0.15) is 12.7 Å². The van der Waals surface area contributed by atoms with Crippen molar-refractivity contribution >= 4 is 16.2 Å². The van der Waals surface area contributed by atoms with Crippen LogP contribution in [0.5, 0.6) is 0 Å². The van der Waals surface area contributed by atoms with Crippen molar-refractivity contribution in [3.8, 4) is 0 Å². The van der Waals surface area contributed by atoms with Gasteiger partial charge in [0.25, 0.3) is 0 Å². The van der Waals surface area contributed by atoms with Crippen LogP contribution in [0.4, 0.5) is 4.79 Å². The van der Waals surface area contributed by atoms with Crippen LogP contribution in [0.3, 0.4) is 0 Å². The normalized spacial score (nSPS) is 26.0. The van der Waals surface area contributed by atoms with E-state index in [1.54, 1.807) is 0 Å². The first-order valence-electron chi connectivity index (χ1n) is 8.56. The first-order valence-corrected chi connectivity index (χ1v) is 10.00. The molecule has 128 valence electrons. The van der Waals surface area contributed by atoms with E-state index in [-0.39, 0.29) is 6.04 Å². The number of piperidine rings is 1. The van der Waals surface area contributed by atoms with E-state index in [0.29, 0.717) is 19.0 Å². The Morgan fingerprint density at radius 2 is 1.64 bits per heavy atom. The summed E-state index contributed by atoms with van der Waals surface area (Å²) >= 11 is 0. The number of urea groups is 1. The Morgan fingerprint density at radius 1 is 1.00 bits per heavy atom. The molecule has 0 aromatic carbocycles. The summed E-state index contributed by atoms with van der Waals surface area (Å²) in [7, 11) is -3.71. The first kappa shape index (κ1) is 17.5. The quantitative estimate of drug-likeness (QED) is 0.833. The first-order chi connectivity index (χ1) is 10.5. The molecular weight excluding hydrogens is 302 g/mol. The molecule has 7 heteroatoms. The van der Waals surface area contributed by atoms with Gasteiger partial charge in [0.2, 0.25) is 0 Å². The van der Waals surface area contributed by atoms with Crippen molar-refractivity contribution in [2.45, 2.75) is 70.8 Å². The van der Waals surface area contributed by atoms with Crippen molar-refractivity contribution in [2.75, 3.05) is 13.1 Å². The van der Waals surface area contributed by atoms with Crippen LogP contribution in [0, 0.1) is 5.92 Å². The molecular formula is C15H29N3O3S. The highest BCUT2D eigenvalue weighted by Gasteiger charge is 2.29. The molecule has 2 fully saturated rings. The fourth-order valence-corrected chi connectivity index (χ4v) is 4.60. The number of carbonyl (C=O) groups is 1. The summed E-state index contributed by atoms with van der Waals surface area (Å²) in [4.78, 5) is 12.0. The van der Waals surface area contributed by atoms with E-state index < -0.39 is 16.2 Å². The van der Waals surface area contributed by atoms with Gasteiger partial charge in [0.05, 0.1) is 0 Å². The van der Waals surface area contributed by atoms with Crippen LogP contribution in [0.15, 0.2) is 0 Å². The van der Waals surface area contributed by atoms with Crippen molar-refractivity contribution in [1.82, 2.24) is 14.3 Å². The smallest absolute Gasteiger partial charge is 0.329 e. The van der Waals surface area contributed by atoms with Crippen molar-refractivity contribution in [3.05, 3.63) is 0 Å². The van der Waals surface area contributed by atoms with Gasteiger partial charge in [-0.05, 0) is 31.6 Å². The molecule has 1 aliphatic heterocycles. The van der Waals surface area contributed by atoms with Crippen LogP contribution in [0.1, 0.15) is 64.7 Å². The highest BCUT2D eigenvalue weighted by atomic mass is 32.2. The van der Waals surface area contributed by atoms with E-state index in [0.717, 1.165) is 38.5 Å². The molecule has 2 aliphatic rings. The molecule has 0 bridgehead atoms. The second-order valence-electron chi connectivity index (χ2n) is 6.73. The van der Waals surface area contributed by atoms with Gasteiger partial charge in [0.1, 0.15) is 0 Å². The van der Waals surface area contributed by atoms with Crippen molar-refractivity contribution < 1.29 is 13.2 Å². The Balaban J connectivity index is 1.84. The highest BCUT2D eigenvalue weighted by molar-refractivity contribution is 7.87. The van der Waals surface area contributed by atoms with Crippen LogP contribution in [0.2, 0.25) is 0 Å². The van der Waals surface area contributed by atoms with Crippen LogP contribution in [-0.2, 0) is 10.2 Å². The predicted octanol–water partition coefficient (Wildman–Crippen LogP) is 2.38. The third-order valence-corrected chi connectivity index (χ3v) is 6.08. The topological polar surface area (TPSA) is 78.5 Å². The lowest BCUT2D eigenvalue weighted by molar-refractivity contribution is 0.236. The van der Waals surface area contributed by atoms with Gasteiger partial charge in [-0.3, -0.25) is 0 Å². The van der Waals surface area contributed by atoms with Crippen LogP contribution < -0.4 is 10.0 Å². The summed E-state index contributed by atoms with van der Waals surface area (Å²) in [6.07, 6.45) is 9.63. The standard InChI is InChI=1S/C15H29N3O3S/c1-13-8-7-11-18(12-13)22(20,21)17-15(19)16-14-9-5-3-2-4-6-10-14/h13-14H,2-12H2,1H3,(H2,16,17,19). The molecule has 22 heavy (non-hydrogen) atoms. The Labute approximate surface area is 134 Å². The number of hydrogen-bond donors (Lipinski definition) is 2. The number of carbonyl (C=O) groups excluding carboxylic acids is 1. The molecule has 1 saturated carbocycles. The van der Waals surface area contributed by atoms with Gasteiger partial charge >= 0.3 is 16.2 Å². The molecule has 6 nitrogen and oxygen atoms in total. The molecule has 2 N–H and O–H groups in total. The maximum atomic E-state index is 12.3. The zero-order valence-corrected chi connectivity index (χ0v) is 14.3. The monoisotopic (exact) mass is 331 g/mol. The van der Waals surface area contributed by atoms with E-state index in [2.05, 4.69) is 10.0 Å². The predicted molar refractivity (Wildman–Crippen MR) is 86.7 cm³/mol. The molecule has 1 atom stereocenters. The second-order valence-corrected chi connectivity index (χ2v) is 8.40. The summed E-state index contributed by atoms with van der Waals surface area (Å²) in [5.74, 6) is 0.346. The van der Waals surface area contributed by atoms with Crippen molar-refractivity contribution in [1.29, 1.82) is 0 Å². The molecule has 2 rings (SSSR count). The van der Waals surface area contributed by atoms with Gasteiger partial charge < -0.3 is 5.32 Å². The molecule has 0 radical (unpaired) electrons. The molecule has 0 aromatic rings. The summed E-state index contributed by atoms with van der Waals surface area (Å²) in [5, 5.41) is 2.84. The van der Waals surface area contributed by atoms with Gasteiger partial charge in [-0.25, -0.2) is 9.52 Å². The third kappa shape index (κ3) is 5.43. The molecule has 2 amide bonds. The minimum Gasteiger partial charge on any atom is -0.335 e. The molecule has 1 heterocycles. The fraction of sp³-hybridized carbons (Fsp3) is 0.933. The van der Waals surface area contributed by atoms with E-state index in [1.807, 2.05) is 6.92 Å². The Kier molecular flexibility index (Phi) is 6.50. The number of rotatable bonds is 3. The van der Waals surface area contributed by atoms with E-state index in [1.165, 1.54) is 23.6 Å². The number of nitrogens with zero attached hydrogens (tertiary/aromatic N) is 1.